The van der Waals surface area contributed by atoms with Crippen LogP contribution in [0.2, 0.25) is 5.02 Å². The van der Waals surface area contributed by atoms with Crippen molar-refractivity contribution in [3.8, 4) is 5.75 Å². The van der Waals surface area contributed by atoms with Gasteiger partial charge in [0, 0.05) is 13.2 Å². The second-order valence-corrected chi connectivity index (χ2v) is 5.87. The molecular weight excluding hydrogens is 318 g/mol. The van der Waals surface area contributed by atoms with Crippen molar-refractivity contribution in [2.24, 2.45) is 7.05 Å². The number of amides is 1. The van der Waals surface area contributed by atoms with E-state index < -0.39 is 0 Å². The molecule has 1 amide bonds. The van der Waals surface area contributed by atoms with Crippen molar-refractivity contribution in [2.75, 3.05) is 18.1 Å². The first-order chi connectivity index (χ1) is 11.1. The molecule has 0 spiro atoms. The Labute approximate surface area is 139 Å². The van der Waals surface area contributed by atoms with Gasteiger partial charge in [0.05, 0.1) is 29.6 Å². The molecule has 23 heavy (non-hydrogen) atoms. The molecule has 0 saturated carbocycles. The molecule has 1 aliphatic heterocycles. The van der Waals surface area contributed by atoms with E-state index in [1.165, 1.54) is 0 Å². The van der Waals surface area contributed by atoms with Gasteiger partial charge in [0.15, 0.2) is 5.75 Å². The molecule has 2 heterocycles. The van der Waals surface area contributed by atoms with Crippen LogP contribution in [0.15, 0.2) is 30.5 Å². The van der Waals surface area contributed by atoms with E-state index in [0.29, 0.717) is 29.6 Å². The van der Waals surface area contributed by atoms with E-state index in [9.17, 15) is 4.79 Å². The molecule has 1 unspecified atom stereocenters. The van der Waals surface area contributed by atoms with Crippen molar-refractivity contribution < 1.29 is 14.3 Å². The second kappa shape index (κ2) is 6.60. The summed E-state index contributed by atoms with van der Waals surface area (Å²) < 4.78 is 13.0. The first-order valence-corrected chi connectivity index (χ1v) is 7.74. The van der Waals surface area contributed by atoms with Crippen molar-refractivity contribution in [2.45, 2.75) is 19.6 Å². The van der Waals surface area contributed by atoms with Gasteiger partial charge in [0.1, 0.15) is 12.7 Å². The number of rotatable bonds is 4. The summed E-state index contributed by atoms with van der Waals surface area (Å²) in [6.07, 6.45) is 1.58. The van der Waals surface area contributed by atoms with Gasteiger partial charge in [-0.25, -0.2) is 0 Å². The standard InChI is InChI=1S/C16H18ClN3O3/c1-11-8-20(14-5-3-4-13(17)16(14)23-11)15(21)10-22-9-12-6-7-18-19(12)2/h3-7,11H,8-10H2,1-2H3. The molecule has 0 N–H and O–H groups in total. The summed E-state index contributed by atoms with van der Waals surface area (Å²) in [7, 11) is 1.84. The first kappa shape index (κ1) is 15.8. The molecule has 6 nitrogen and oxygen atoms in total. The summed E-state index contributed by atoms with van der Waals surface area (Å²) in [5.41, 5.74) is 1.60. The number of aryl methyl sites for hydroxylation is 1. The fraction of sp³-hybridized carbons (Fsp3) is 0.375. The maximum absolute atomic E-state index is 12.5. The Bertz CT molecular complexity index is 716. The molecule has 1 aromatic heterocycles. The Balaban J connectivity index is 1.68. The van der Waals surface area contributed by atoms with Crippen LogP contribution in [0, 0.1) is 0 Å². The SMILES string of the molecule is CC1CN(C(=O)COCc2ccnn2C)c2cccc(Cl)c2O1. The molecule has 2 aromatic rings. The van der Waals surface area contributed by atoms with Crippen LogP contribution < -0.4 is 9.64 Å². The minimum Gasteiger partial charge on any atom is -0.485 e. The number of ether oxygens (including phenoxy) is 2. The average molecular weight is 336 g/mol. The van der Waals surface area contributed by atoms with Gasteiger partial charge in [-0.3, -0.25) is 9.48 Å². The molecule has 1 aliphatic rings. The highest BCUT2D eigenvalue weighted by Crippen LogP contribution is 2.39. The predicted molar refractivity (Wildman–Crippen MR) is 86.8 cm³/mol. The van der Waals surface area contributed by atoms with E-state index in [-0.39, 0.29) is 18.6 Å². The van der Waals surface area contributed by atoms with Crippen LogP contribution in [-0.2, 0) is 23.2 Å². The average Bonchev–Trinajstić information content (AvgIpc) is 2.93. The number of carbonyl (C=O) groups is 1. The zero-order chi connectivity index (χ0) is 16.4. The molecule has 0 bridgehead atoms. The van der Waals surface area contributed by atoms with E-state index in [4.69, 9.17) is 21.1 Å². The highest BCUT2D eigenvalue weighted by Gasteiger charge is 2.29. The Kier molecular flexibility index (Phi) is 4.54. The highest BCUT2D eigenvalue weighted by atomic mass is 35.5. The number of anilines is 1. The van der Waals surface area contributed by atoms with Gasteiger partial charge >= 0.3 is 0 Å². The molecule has 0 aliphatic carbocycles. The third kappa shape index (κ3) is 3.33. The number of fused-ring (bicyclic) bond motifs is 1. The highest BCUT2D eigenvalue weighted by molar-refractivity contribution is 6.32. The second-order valence-electron chi connectivity index (χ2n) is 5.46. The lowest BCUT2D eigenvalue weighted by atomic mass is 10.2. The monoisotopic (exact) mass is 335 g/mol. The summed E-state index contributed by atoms with van der Waals surface area (Å²) >= 11 is 6.16. The van der Waals surface area contributed by atoms with Gasteiger partial charge in [0.2, 0.25) is 0 Å². The van der Waals surface area contributed by atoms with Crippen LogP contribution in [0.1, 0.15) is 12.6 Å². The van der Waals surface area contributed by atoms with E-state index in [0.717, 1.165) is 5.69 Å². The summed E-state index contributed by atoms with van der Waals surface area (Å²) in [5, 5.41) is 4.57. The van der Waals surface area contributed by atoms with E-state index in [1.54, 1.807) is 27.9 Å². The largest absolute Gasteiger partial charge is 0.485 e. The minimum absolute atomic E-state index is 0.0101. The van der Waals surface area contributed by atoms with Crippen LogP contribution >= 0.6 is 11.6 Å². The van der Waals surface area contributed by atoms with Crippen molar-refractivity contribution >= 4 is 23.2 Å². The quantitative estimate of drug-likeness (QED) is 0.861. The fourth-order valence-electron chi connectivity index (χ4n) is 2.52. The minimum atomic E-state index is -0.122. The number of hydrogen-bond acceptors (Lipinski definition) is 4. The summed E-state index contributed by atoms with van der Waals surface area (Å²) in [5.74, 6) is 0.429. The van der Waals surface area contributed by atoms with Crippen LogP contribution in [0.4, 0.5) is 5.69 Å². The van der Waals surface area contributed by atoms with Crippen LogP contribution in [-0.4, -0.2) is 34.9 Å². The normalized spacial score (nSPS) is 16.8. The van der Waals surface area contributed by atoms with Gasteiger partial charge in [-0.05, 0) is 25.1 Å². The van der Waals surface area contributed by atoms with Gasteiger partial charge in [-0.15, -0.1) is 0 Å². The number of aromatic nitrogens is 2. The lowest BCUT2D eigenvalue weighted by molar-refractivity contribution is -0.124. The molecule has 0 radical (unpaired) electrons. The number of nitrogens with zero attached hydrogens (tertiary/aromatic N) is 3. The zero-order valence-electron chi connectivity index (χ0n) is 13.0. The smallest absolute Gasteiger partial charge is 0.253 e. The van der Waals surface area contributed by atoms with Crippen molar-refractivity contribution in [3.63, 3.8) is 0 Å². The fourth-order valence-corrected chi connectivity index (χ4v) is 2.73. The maximum atomic E-state index is 12.5. The molecule has 0 saturated heterocycles. The van der Waals surface area contributed by atoms with E-state index >= 15 is 0 Å². The topological polar surface area (TPSA) is 56.6 Å². The third-order valence-corrected chi connectivity index (χ3v) is 3.99. The van der Waals surface area contributed by atoms with Crippen LogP contribution in [0.25, 0.3) is 0 Å². The summed E-state index contributed by atoms with van der Waals surface area (Å²) in [6, 6.07) is 7.24. The van der Waals surface area contributed by atoms with Crippen LogP contribution in [0.5, 0.6) is 5.75 Å². The number of benzene rings is 1. The van der Waals surface area contributed by atoms with Gasteiger partial charge < -0.3 is 14.4 Å². The third-order valence-electron chi connectivity index (χ3n) is 3.69. The predicted octanol–water partition coefficient (Wildman–Crippen LogP) is 2.40. The zero-order valence-corrected chi connectivity index (χ0v) is 13.8. The number of hydrogen-bond donors (Lipinski definition) is 0. The van der Waals surface area contributed by atoms with E-state index in [1.807, 2.05) is 26.1 Å². The number of para-hydroxylation sites is 1. The molecule has 0 fully saturated rings. The van der Waals surface area contributed by atoms with Gasteiger partial charge in [-0.1, -0.05) is 17.7 Å². The molecular formula is C16H18ClN3O3. The van der Waals surface area contributed by atoms with Gasteiger partial charge in [0.25, 0.3) is 5.91 Å². The molecule has 1 aromatic carbocycles. The Hall–Kier alpha value is -2.05. The van der Waals surface area contributed by atoms with E-state index in [2.05, 4.69) is 5.10 Å². The molecule has 7 heteroatoms. The lowest BCUT2D eigenvalue weighted by Crippen LogP contribution is -2.44. The van der Waals surface area contributed by atoms with Gasteiger partial charge in [-0.2, -0.15) is 5.10 Å². The maximum Gasteiger partial charge on any atom is 0.253 e. The Morgan fingerprint density at radius 2 is 2.30 bits per heavy atom. The van der Waals surface area contributed by atoms with Crippen molar-refractivity contribution in [1.82, 2.24) is 9.78 Å². The Morgan fingerprint density at radius 1 is 1.48 bits per heavy atom. The molecule has 3 rings (SSSR count). The summed E-state index contributed by atoms with van der Waals surface area (Å²) in [6.45, 7) is 2.71. The number of halogens is 1. The molecule has 1 atom stereocenters. The van der Waals surface area contributed by atoms with Crippen molar-refractivity contribution in [3.05, 3.63) is 41.2 Å². The molecule has 122 valence electrons. The summed E-state index contributed by atoms with van der Waals surface area (Å²) in [4.78, 5) is 14.2. The van der Waals surface area contributed by atoms with Crippen LogP contribution in [0.3, 0.4) is 0 Å². The van der Waals surface area contributed by atoms with Crippen molar-refractivity contribution in [1.29, 1.82) is 0 Å². The first-order valence-electron chi connectivity index (χ1n) is 7.36. The lowest BCUT2D eigenvalue weighted by Gasteiger charge is -2.33. The number of carbonyl (C=O) groups excluding carboxylic acids is 1. The Morgan fingerprint density at radius 3 is 3.04 bits per heavy atom.